The van der Waals surface area contributed by atoms with E-state index in [0.717, 1.165) is 31.2 Å². The summed E-state index contributed by atoms with van der Waals surface area (Å²) in [4.78, 5) is 20.0. The highest BCUT2D eigenvalue weighted by Crippen LogP contribution is 2.34. The number of carbonyl (C=O) groups is 1. The summed E-state index contributed by atoms with van der Waals surface area (Å²) in [5.41, 5.74) is -0.131. The van der Waals surface area contributed by atoms with Crippen molar-refractivity contribution in [3.8, 4) is 0 Å². The van der Waals surface area contributed by atoms with E-state index in [2.05, 4.69) is 25.2 Å². The van der Waals surface area contributed by atoms with Gasteiger partial charge < -0.3 is 9.80 Å². The minimum Gasteiger partial charge on any atom is -0.354 e. The molecule has 11 heteroatoms. The van der Waals surface area contributed by atoms with E-state index in [4.69, 9.17) is 0 Å². The molecule has 2 saturated heterocycles. The summed E-state index contributed by atoms with van der Waals surface area (Å²) < 4.78 is 39.7. The molecule has 3 aromatic heterocycles. The molecule has 156 valence electrons. The van der Waals surface area contributed by atoms with Crippen molar-refractivity contribution in [2.75, 3.05) is 31.1 Å². The van der Waals surface area contributed by atoms with Crippen LogP contribution in [0.5, 0.6) is 0 Å². The Labute approximate surface area is 169 Å². The van der Waals surface area contributed by atoms with Crippen molar-refractivity contribution in [3.63, 3.8) is 0 Å². The molecule has 3 aromatic rings. The number of fused-ring (bicyclic) bond motifs is 2. The van der Waals surface area contributed by atoms with Crippen molar-refractivity contribution < 1.29 is 18.0 Å². The van der Waals surface area contributed by atoms with Crippen LogP contribution in [0.15, 0.2) is 30.5 Å². The van der Waals surface area contributed by atoms with Crippen LogP contribution in [-0.2, 0) is 6.18 Å². The van der Waals surface area contributed by atoms with Crippen molar-refractivity contribution in [1.82, 2.24) is 29.7 Å². The van der Waals surface area contributed by atoms with Gasteiger partial charge in [-0.05, 0) is 31.2 Å². The number of carbonyl (C=O) groups excluding carboxylic acids is 1. The maximum atomic E-state index is 12.7. The molecule has 2 fully saturated rings. The van der Waals surface area contributed by atoms with Gasteiger partial charge in [0.2, 0.25) is 0 Å². The van der Waals surface area contributed by atoms with Gasteiger partial charge in [0.05, 0.1) is 5.56 Å². The lowest BCUT2D eigenvalue weighted by atomic mass is 10.0. The van der Waals surface area contributed by atoms with E-state index in [1.54, 1.807) is 9.42 Å². The van der Waals surface area contributed by atoms with Crippen LogP contribution in [-0.4, -0.2) is 61.8 Å². The van der Waals surface area contributed by atoms with Gasteiger partial charge in [-0.25, -0.2) is 0 Å². The number of aromatic nitrogens is 5. The second kappa shape index (κ2) is 6.64. The van der Waals surface area contributed by atoms with E-state index >= 15 is 0 Å². The SMILES string of the molecule is Cc1nnc2ccc(N3CC4CN(C(=O)c5ccc(C(F)(F)F)nc5)CC4C3)nn12. The van der Waals surface area contributed by atoms with Gasteiger partial charge in [0.1, 0.15) is 11.5 Å². The molecule has 0 N–H and O–H groups in total. The van der Waals surface area contributed by atoms with Gasteiger partial charge in [0.15, 0.2) is 11.5 Å². The molecule has 2 atom stereocenters. The normalized spacial score (nSPS) is 21.5. The van der Waals surface area contributed by atoms with Gasteiger partial charge in [0, 0.05) is 44.2 Å². The lowest BCUT2D eigenvalue weighted by Crippen LogP contribution is -2.33. The van der Waals surface area contributed by atoms with Gasteiger partial charge >= 0.3 is 6.18 Å². The number of hydrogen-bond donors (Lipinski definition) is 0. The van der Waals surface area contributed by atoms with Crippen LogP contribution in [0.2, 0.25) is 0 Å². The Balaban J connectivity index is 1.26. The summed E-state index contributed by atoms with van der Waals surface area (Å²) in [5, 5.41) is 12.7. The average Bonchev–Trinajstić information content (AvgIpc) is 3.40. The predicted octanol–water partition coefficient (Wildman–Crippen LogP) is 2.05. The maximum absolute atomic E-state index is 12.7. The number of anilines is 1. The Morgan fingerprint density at radius 3 is 2.40 bits per heavy atom. The standard InChI is InChI=1S/C19H18F3N7O/c1-11-24-25-16-4-5-17(26-29(11)16)27-7-13-9-28(10-14(13)8-27)18(30)12-2-3-15(23-6-12)19(20,21)22/h2-6,13-14H,7-10H2,1H3. The molecule has 5 rings (SSSR count). The number of likely N-dealkylation sites (tertiary alicyclic amines) is 1. The zero-order chi connectivity index (χ0) is 21.0. The first kappa shape index (κ1) is 18.8. The number of rotatable bonds is 2. The number of aryl methyl sites for hydroxylation is 1. The maximum Gasteiger partial charge on any atom is 0.433 e. The van der Waals surface area contributed by atoms with Gasteiger partial charge in [-0.1, -0.05) is 0 Å². The fourth-order valence-corrected chi connectivity index (χ4v) is 4.27. The molecule has 0 aromatic carbocycles. The molecule has 0 saturated carbocycles. The first-order valence-corrected chi connectivity index (χ1v) is 9.56. The minimum absolute atomic E-state index is 0.176. The molecule has 0 spiro atoms. The molecule has 2 aliphatic rings. The predicted molar refractivity (Wildman–Crippen MR) is 99.9 cm³/mol. The molecule has 0 bridgehead atoms. The Morgan fingerprint density at radius 1 is 1.03 bits per heavy atom. The van der Waals surface area contributed by atoms with E-state index in [-0.39, 0.29) is 23.3 Å². The highest BCUT2D eigenvalue weighted by Gasteiger charge is 2.42. The van der Waals surface area contributed by atoms with Crippen LogP contribution >= 0.6 is 0 Å². The van der Waals surface area contributed by atoms with E-state index in [1.807, 2.05) is 19.1 Å². The topological polar surface area (TPSA) is 79.5 Å². The van der Waals surface area contributed by atoms with E-state index in [9.17, 15) is 18.0 Å². The third kappa shape index (κ3) is 3.14. The van der Waals surface area contributed by atoms with Crippen LogP contribution in [0.25, 0.3) is 5.65 Å². The summed E-state index contributed by atoms with van der Waals surface area (Å²) in [6.07, 6.45) is -3.51. The van der Waals surface area contributed by atoms with Gasteiger partial charge in [-0.3, -0.25) is 9.78 Å². The van der Waals surface area contributed by atoms with Crippen LogP contribution in [0.3, 0.4) is 0 Å². The Morgan fingerprint density at radius 2 is 1.77 bits per heavy atom. The van der Waals surface area contributed by atoms with Crippen LogP contribution in [0, 0.1) is 18.8 Å². The molecule has 1 amide bonds. The summed E-state index contributed by atoms with van der Waals surface area (Å²) >= 11 is 0. The first-order chi connectivity index (χ1) is 14.3. The monoisotopic (exact) mass is 417 g/mol. The summed E-state index contributed by atoms with van der Waals surface area (Å²) in [6.45, 7) is 4.50. The van der Waals surface area contributed by atoms with Crippen LogP contribution in [0.1, 0.15) is 21.9 Å². The lowest BCUT2D eigenvalue weighted by Gasteiger charge is -2.22. The fraction of sp³-hybridized carbons (Fsp3) is 0.421. The van der Waals surface area contributed by atoms with Crippen molar-refractivity contribution in [3.05, 3.63) is 47.5 Å². The van der Waals surface area contributed by atoms with Gasteiger partial charge in [-0.15, -0.1) is 15.3 Å². The molecule has 8 nitrogen and oxygen atoms in total. The third-order valence-electron chi connectivity index (χ3n) is 5.80. The highest BCUT2D eigenvalue weighted by atomic mass is 19.4. The van der Waals surface area contributed by atoms with Crippen molar-refractivity contribution in [2.45, 2.75) is 13.1 Å². The second-order valence-corrected chi connectivity index (χ2v) is 7.77. The number of alkyl halides is 3. The number of hydrogen-bond acceptors (Lipinski definition) is 6. The van der Waals surface area contributed by atoms with E-state index < -0.39 is 11.9 Å². The zero-order valence-corrected chi connectivity index (χ0v) is 16.0. The molecule has 2 aliphatic heterocycles. The molecular weight excluding hydrogens is 399 g/mol. The zero-order valence-electron chi connectivity index (χ0n) is 16.0. The molecule has 5 heterocycles. The summed E-state index contributed by atoms with van der Waals surface area (Å²) in [7, 11) is 0. The largest absolute Gasteiger partial charge is 0.433 e. The smallest absolute Gasteiger partial charge is 0.354 e. The van der Waals surface area contributed by atoms with Crippen LogP contribution < -0.4 is 4.90 Å². The first-order valence-electron chi connectivity index (χ1n) is 9.56. The number of nitrogens with zero attached hydrogens (tertiary/aromatic N) is 7. The van der Waals surface area contributed by atoms with Gasteiger partial charge in [0.25, 0.3) is 5.91 Å². The average molecular weight is 417 g/mol. The van der Waals surface area contributed by atoms with Crippen LogP contribution in [0.4, 0.5) is 19.0 Å². The van der Waals surface area contributed by atoms with E-state index in [1.165, 1.54) is 6.07 Å². The minimum atomic E-state index is -4.52. The molecular formula is C19H18F3N7O. The Kier molecular flexibility index (Phi) is 4.16. The highest BCUT2D eigenvalue weighted by molar-refractivity contribution is 5.94. The molecule has 0 radical (unpaired) electrons. The summed E-state index contributed by atoms with van der Waals surface area (Å²) in [5.74, 6) is 1.85. The van der Waals surface area contributed by atoms with Crippen molar-refractivity contribution in [1.29, 1.82) is 0 Å². The lowest BCUT2D eigenvalue weighted by molar-refractivity contribution is -0.141. The Hall–Kier alpha value is -3.24. The quantitative estimate of drug-likeness (QED) is 0.635. The number of halogens is 3. The number of pyridine rings is 1. The molecule has 30 heavy (non-hydrogen) atoms. The van der Waals surface area contributed by atoms with Crippen molar-refractivity contribution >= 4 is 17.4 Å². The second-order valence-electron chi connectivity index (χ2n) is 7.77. The van der Waals surface area contributed by atoms with Crippen molar-refractivity contribution in [2.24, 2.45) is 11.8 Å². The number of amides is 1. The van der Waals surface area contributed by atoms with E-state index in [0.29, 0.717) is 24.6 Å². The molecule has 2 unspecified atom stereocenters. The van der Waals surface area contributed by atoms with Gasteiger partial charge in [-0.2, -0.15) is 17.7 Å². The summed E-state index contributed by atoms with van der Waals surface area (Å²) in [6, 6.07) is 5.84. The third-order valence-corrected chi connectivity index (χ3v) is 5.80. The fourth-order valence-electron chi connectivity index (χ4n) is 4.27. The molecule has 0 aliphatic carbocycles. The Bertz CT molecular complexity index is 1100.